The van der Waals surface area contributed by atoms with E-state index in [1.807, 2.05) is 20.8 Å². The number of rotatable bonds is 3. The largest absolute Gasteiger partial charge is 0.444 e. The Kier molecular flexibility index (Phi) is 4.95. The van der Waals surface area contributed by atoms with Crippen molar-refractivity contribution in [3.63, 3.8) is 0 Å². The number of aryl methyl sites for hydroxylation is 1. The van der Waals surface area contributed by atoms with Crippen molar-refractivity contribution in [3.8, 4) is 0 Å². The van der Waals surface area contributed by atoms with Crippen molar-refractivity contribution in [2.75, 3.05) is 18.0 Å². The van der Waals surface area contributed by atoms with E-state index in [0.29, 0.717) is 12.1 Å². The van der Waals surface area contributed by atoms with Crippen molar-refractivity contribution < 1.29 is 14.5 Å². The molecule has 1 aromatic carbocycles. The maximum absolute atomic E-state index is 12.1. The molecule has 1 amide bonds. The van der Waals surface area contributed by atoms with Gasteiger partial charge in [0, 0.05) is 43.7 Å². The van der Waals surface area contributed by atoms with Gasteiger partial charge in [-0.15, -0.1) is 0 Å². The first kappa shape index (κ1) is 18.9. The Bertz CT molecular complexity index is 870. The summed E-state index contributed by atoms with van der Waals surface area (Å²) in [5, 5.41) is 19.4. The lowest BCUT2D eigenvalue weighted by atomic mass is 10.1. The van der Waals surface area contributed by atoms with Crippen LogP contribution in [0, 0.1) is 10.1 Å². The molecule has 1 N–H and O–H groups in total. The van der Waals surface area contributed by atoms with E-state index in [1.54, 1.807) is 17.8 Å². The third-order valence-electron chi connectivity index (χ3n) is 4.47. The van der Waals surface area contributed by atoms with Crippen LogP contribution < -0.4 is 10.2 Å². The number of carbonyl (C=O) groups is 1. The van der Waals surface area contributed by atoms with E-state index in [2.05, 4.69) is 15.3 Å². The molecular formula is C18H25N5O4. The van der Waals surface area contributed by atoms with Gasteiger partial charge < -0.3 is 15.0 Å². The molecular weight excluding hydrogens is 350 g/mol. The molecule has 1 aliphatic heterocycles. The van der Waals surface area contributed by atoms with Crippen LogP contribution in [0.15, 0.2) is 18.2 Å². The zero-order chi connectivity index (χ0) is 19.8. The number of nitro benzene ring substituents is 1. The molecule has 146 valence electrons. The minimum Gasteiger partial charge on any atom is -0.444 e. The Morgan fingerprint density at radius 2 is 2.15 bits per heavy atom. The molecule has 1 aromatic heterocycles. The summed E-state index contributed by atoms with van der Waals surface area (Å²) in [6.07, 6.45) is 1.35. The first-order valence-corrected chi connectivity index (χ1v) is 8.99. The Morgan fingerprint density at radius 1 is 1.41 bits per heavy atom. The number of ether oxygens (including phenoxy) is 1. The van der Waals surface area contributed by atoms with Crippen LogP contribution in [-0.2, 0) is 11.8 Å². The van der Waals surface area contributed by atoms with Gasteiger partial charge in [0.25, 0.3) is 5.69 Å². The molecule has 0 radical (unpaired) electrons. The molecule has 0 aliphatic carbocycles. The standard InChI is InChI=1S/C18H25N5O4/c1-18(2,3)27-17(24)19-12-6-5-9-22(11-12)16-14-8-7-13(23(25)26)10-15(14)21(4)20-16/h7-8,10,12H,5-6,9,11H2,1-4H3,(H,19,24)/t12-/m1/s1. The Morgan fingerprint density at radius 3 is 2.81 bits per heavy atom. The van der Waals surface area contributed by atoms with E-state index in [9.17, 15) is 14.9 Å². The second kappa shape index (κ2) is 7.05. The number of fused-ring (bicyclic) bond motifs is 1. The molecule has 2 aromatic rings. The highest BCUT2D eigenvalue weighted by molar-refractivity contribution is 5.92. The van der Waals surface area contributed by atoms with Crippen LogP contribution in [-0.4, -0.2) is 45.5 Å². The Balaban J connectivity index is 1.78. The lowest BCUT2D eigenvalue weighted by molar-refractivity contribution is -0.384. The SMILES string of the molecule is Cn1nc(N2CCC[C@@H](NC(=O)OC(C)(C)C)C2)c2ccc([N+](=O)[O-])cc21. The minimum atomic E-state index is -0.537. The Hall–Kier alpha value is -2.84. The van der Waals surface area contributed by atoms with Crippen molar-refractivity contribution in [2.45, 2.75) is 45.3 Å². The second-order valence-corrected chi connectivity index (χ2v) is 7.84. The fraction of sp³-hybridized carbons (Fsp3) is 0.556. The number of nitrogens with zero attached hydrogens (tertiary/aromatic N) is 4. The van der Waals surface area contributed by atoms with Crippen LogP contribution in [0.4, 0.5) is 16.3 Å². The first-order chi connectivity index (χ1) is 12.6. The van der Waals surface area contributed by atoms with Crippen molar-refractivity contribution in [3.05, 3.63) is 28.3 Å². The van der Waals surface area contributed by atoms with E-state index in [1.165, 1.54) is 12.1 Å². The molecule has 0 unspecified atom stereocenters. The zero-order valence-electron chi connectivity index (χ0n) is 16.1. The van der Waals surface area contributed by atoms with Gasteiger partial charge in [-0.3, -0.25) is 14.8 Å². The number of nitro groups is 1. The van der Waals surface area contributed by atoms with Crippen molar-refractivity contribution >= 4 is 28.5 Å². The predicted molar refractivity (Wildman–Crippen MR) is 102 cm³/mol. The van der Waals surface area contributed by atoms with Gasteiger partial charge in [-0.05, 0) is 39.7 Å². The maximum Gasteiger partial charge on any atom is 0.407 e. The number of benzene rings is 1. The van der Waals surface area contributed by atoms with Crippen LogP contribution in [0.1, 0.15) is 33.6 Å². The highest BCUT2D eigenvalue weighted by Crippen LogP contribution is 2.30. The summed E-state index contributed by atoms with van der Waals surface area (Å²) in [5.74, 6) is 0.776. The molecule has 1 atom stereocenters. The average Bonchev–Trinajstić information content (AvgIpc) is 2.90. The number of non-ortho nitro benzene ring substituents is 1. The summed E-state index contributed by atoms with van der Waals surface area (Å²) in [5.41, 5.74) is 0.214. The molecule has 1 aliphatic rings. The fourth-order valence-electron chi connectivity index (χ4n) is 3.34. The molecule has 2 heterocycles. The molecule has 27 heavy (non-hydrogen) atoms. The number of amides is 1. The van der Waals surface area contributed by atoms with Crippen LogP contribution in [0.5, 0.6) is 0 Å². The average molecular weight is 375 g/mol. The molecule has 3 rings (SSSR count). The van der Waals surface area contributed by atoms with Gasteiger partial charge >= 0.3 is 6.09 Å². The number of hydrogen-bond acceptors (Lipinski definition) is 6. The van der Waals surface area contributed by atoms with Crippen LogP contribution in [0.3, 0.4) is 0 Å². The fourth-order valence-corrected chi connectivity index (χ4v) is 3.34. The predicted octanol–water partition coefficient (Wildman–Crippen LogP) is 2.98. The van der Waals surface area contributed by atoms with E-state index >= 15 is 0 Å². The maximum atomic E-state index is 12.1. The van der Waals surface area contributed by atoms with Gasteiger partial charge in [0.15, 0.2) is 5.82 Å². The van der Waals surface area contributed by atoms with Gasteiger partial charge in [0.2, 0.25) is 0 Å². The highest BCUT2D eigenvalue weighted by Gasteiger charge is 2.27. The number of alkyl carbamates (subject to hydrolysis) is 1. The number of nitrogens with one attached hydrogen (secondary N) is 1. The van der Waals surface area contributed by atoms with E-state index < -0.39 is 16.6 Å². The summed E-state index contributed by atoms with van der Waals surface area (Å²) in [4.78, 5) is 24.8. The van der Waals surface area contributed by atoms with Gasteiger partial charge in [-0.2, -0.15) is 5.10 Å². The summed E-state index contributed by atoms with van der Waals surface area (Å²) in [7, 11) is 1.77. The molecule has 0 spiro atoms. The molecule has 9 heteroatoms. The number of hydrogen-bond donors (Lipinski definition) is 1. The third kappa shape index (κ3) is 4.29. The van der Waals surface area contributed by atoms with Crippen molar-refractivity contribution in [1.29, 1.82) is 0 Å². The van der Waals surface area contributed by atoms with E-state index in [0.717, 1.165) is 30.6 Å². The molecule has 0 bridgehead atoms. The first-order valence-electron chi connectivity index (χ1n) is 8.99. The normalized spacial score (nSPS) is 17.8. The lowest BCUT2D eigenvalue weighted by Crippen LogP contribution is -2.49. The number of aromatic nitrogens is 2. The van der Waals surface area contributed by atoms with Crippen LogP contribution in [0.25, 0.3) is 10.9 Å². The zero-order valence-corrected chi connectivity index (χ0v) is 16.1. The molecule has 1 fully saturated rings. The summed E-state index contributed by atoms with van der Waals surface area (Å²) in [6, 6.07) is 4.73. The number of piperidine rings is 1. The van der Waals surface area contributed by atoms with E-state index in [-0.39, 0.29) is 11.7 Å². The molecule has 0 saturated carbocycles. The van der Waals surface area contributed by atoms with E-state index in [4.69, 9.17) is 4.74 Å². The van der Waals surface area contributed by atoms with Crippen LogP contribution in [0.2, 0.25) is 0 Å². The smallest absolute Gasteiger partial charge is 0.407 e. The quantitative estimate of drug-likeness (QED) is 0.653. The number of carbonyl (C=O) groups excluding carboxylic acids is 1. The Labute approximate surface area is 157 Å². The summed E-state index contributed by atoms with van der Waals surface area (Å²) >= 11 is 0. The highest BCUT2D eigenvalue weighted by atomic mass is 16.6. The topological polar surface area (TPSA) is 103 Å². The third-order valence-corrected chi connectivity index (χ3v) is 4.47. The van der Waals surface area contributed by atoms with Crippen molar-refractivity contribution in [2.24, 2.45) is 7.05 Å². The van der Waals surface area contributed by atoms with Gasteiger partial charge in [0.1, 0.15) is 5.60 Å². The van der Waals surface area contributed by atoms with Gasteiger partial charge in [0.05, 0.1) is 10.4 Å². The van der Waals surface area contributed by atoms with Crippen molar-refractivity contribution in [1.82, 2.24) is 15.1 Å². The minimum absolute atomic E-state index is 0.0382. The van der Waals surface area contributed by atoms with Gasteiger partial charge in [-0.25, -0.2) is 4.79 Å². The van der Waals surface area contributed by atoms with Gasteiger partial charge in [-0.1, -0.05) is 0 Å². The second-order valence-electron chi connectivity index (χ2n) is 7.84. The summed E-state index contributed by atoms with van der Waals surface area (Å²) in [6.45, 7) is 6.93. The monoisotopic (exact) mass is 375 g/mol. The molecule has 9 nitrogen and oxygen atoms in total. The van der Waals surface area contributed by atoms with Crippen LogP contribution >= 0.6 is 0 Å². The lowest BCUT2D eigenvalue weighted by Gasteiger charge is -2.33. The summed E-state index contributed by atoms with van der Waals surface area (Å²) < 4.78 is 6.99. The molecule has 1 saturated heterocycles. The number of anilines is 1.